The van der Waals surface area contributed by atoms with E-state index < -0.39 is 22.0 Å². The highest BCUT2D eigenvalue weighted by atomic mass is 32.2. The number of carbonyl (C=O) groups excluding carboxylic acids is 1. The van der Waals surface area contributed by atoms with Crippen molar-refractivity contribution in [1.29, 1.82) is 0 Å². The third-order valence-electron chi connectivity index (χ3n) is 5.16. The van der Waals surface area contributed by atoms with Crippen LogP contribution >= 0.6 is 0 Å². The largest absolute Gasteiger partial charge is 0.481 e. The Balaban J connectivity index is 2.04. The van der Waals surface area contributed by atoms with Crippen molar-refractivity contribution in [3.05, 3.63) is 0 Å². The van der Waals surface area contributed by atoms with Gasteiger partial charge in [-0.05, 0) is 44.4 Å². The molecular weight excluding hydrogens is 344 g/mol. The summed E-state index contributed by atoms with van der Waals surface area (Å²) in [5, 5.41) is 8.84. The molecule has 2 atom stereocenters. The van der Waals surface area contributed by atoms with Gasteiger partial charge in [-0.25, -0.2) is 8.42 Å². The van der Waals surface area contributed by atoms with Gasteiger partial charge in [-0.3, -0.25) is 9.59 Å². The minimum Gasteiger partial charge on any atom is -0.481 e. The maximum absolute atomic E-state index is 13.0. The van der Waals surface area contributed by atoms with Gasteiger partial charge in [0.2, 0.25) is 15.9 Å². The fraction of sp³-hybridized carbons (Fsp3) is 0.882. The Hall–Kier alpha value is -1.15. The number of nitrogens with zero attached hydrogens (tertiary/aromatic N) is 2. The monoisotopic (exact) mass is 374 g/mol. The minimum atomic E-state index is -3.39. The summed E-state index contributed by atoms with van der Waals surface area (Å²) in [6.45, 7) is 3.44. The van der Waals surface area contributed by atoms with Gasteiger partial charge in [-0.2, -0.15) is 4.31 Å². The van der Waals surface area contributed by atoms with Gasteiger partial charge < -0.3 is 10.0 Å². The van der Waals surface area contributed by atoms with Gasteiger partial charge in [0.05, 0.1) is 5.75 Å². The first-order valence-electron chi connectivity index (χ1n) is 9.35. The Kier molecular flexibility index (Phi) is 7.25. The second-order valence-corrected chi connectivity index (χ2v) is 9.20. The number of piperidine rings is 2. The summed E-state index contributed by atoms with van der Waals surface area (Å²) >= 11 is 0. The lowest BCUT2D eigenvalue weighted by molar-refractivity contribution is -0.138. The average molecular weight is 375 g/mol. The number of hydrogen-bond acceptors (Lipinski definition) is 4. The number of rotatable bonds is 7. The van der Waals surface area contributed by atoms with Crippen LogP contribution in [0.2, 0.25) is 0 Å². The van der Waals surface area contributed by atoms with E-state index in [9.17, 15) is 18.0 Å². The van der Waals surface area contributed by atoms with Gasteiger partial charge in [0.15, 0.2) is 0 Å². The highest BCUT2D eigenvalue weighted by molar-refractivity contribution is 7.89. The number of carbonyl (C=O) groups is 2. The van der Waals surface area contributed by atoms with E-state index in [-0.39, 0.29) is 24.0 Å². The van der Waals surface area contributed by atoms with Crippen molar-refractivity contribution in [2.75, 3.05) is 25.4 Å². The molecule has 8 heteroatoms. The first kappa shape index (κ1) is 20.2. The van der Waals surface area contributed by atoms with Crippen molar-refractivity contribution >= 4 is 21.9 Å². The maximum atomic E-state index is 13.0. The number of carboxylic acids is 1. The minimum absolute atomic E-state index is 0.0814. The van der Waals surface area contributed by atoms with Gasteiger partial charge >= 0.3 is 5.97 Å². The smallest absolute Gasteiger partial charge is 0.303 e. The molecule has 2 rings (SSSR count). The lowest BCUT2D eigenvalue weighted by Gasteiger charge is -2.39. The molecule has 7 nitrogen and oxygen atoms in total. The molecule has 144 valence electrons. The zero-order valence-electron chi connectivity index (χ0n) is 15.0. The van der Waals surface area contributed by atoms with Crippen LogP contribution in [0.5, 0.6) is 0 Å². The van der Waals surface area contributed by atoms with Gasteiger partial charge in [0.25, 0.3) is 0 Å². The van der Waals surface area contributed by atoms with Crippen LogP contribution in [0.25, 0.3) is 0 Å². The topological polar surface area (TPSA) is 95.0 Å². The Morgan fingerprint density at radius 3 is 2.56 bits per heavy atom. The molecule has 2 fully saturated rings. The molecule has 2 heterocycles. The van der Waals surface area contributed by atoms with Crippen molar-refractivity contribution in [2.45, 2.75) is 64.3 Å². The summed E-state index contributed by atoms with van der Waals surface area (Å²) in [6, 6.07) is -0.580. The number of carboxylic acid groups (broad SMARTS) is 1. The molecule has 2 saturated heterocycles. The van der Waals surface area contributed by atoms with E-state index in [0.717, 1.165) is 25.7 Å². The van der Waals surface area contributed by atoms with E-state index in [1.54, 1.807) is 4.90 Å². The van der Waals surface area contributed by atoms with Crippen LogP contribution in [0.1, 0.15) is 58.3 Å². The molecule has 0 aromatic carbocycles. The summed E-state index contributed by atoms with van der Waals surface area (Å²) < 4.78 is 26.4. The third-order valence-corrected chi connectivity index (χ3v) is 7.23. The van der Waals surface area contributed by atoms with E-state index in [1.165, 1.54) is 4.31 Å². The summed E-state index contributed by atoms with van der Waals surface area (Å²) in [6.07, 6.45) is 5.26. The second-order valence-electron chi connectivity index (χ2n) is 7.16. The molecule has 0 aliphatic carbocycles. The predicted molar refractivity (Wildman–Crippen MR) is 94.6 cm³/mol. The van der Waals surface area contributed by atoms with Crippen LogP contribution in [0.4, 0.5) is 0 Å². The van der Waals surface area contributed by atoms with E-state index >= 15 is 0 Å². The fourth-order valence-corrected chi connectivity index (χ4v) is 5.64. The van der Waals surface area contributed by atoms with Crippen LogP contribution in [-0.4, -0.2) is 66.0 Å². The molecular formula is C17H30N2O5S. The summed E-state index contributed by atoms with van der Waals surface area (Å²) in [7, 11) is -3.39. The molecule has 2 aliphatic heterocycles. The highest BCUT2D eigenvalue weighted by Crippen LogP contribution is 2.26. The fourth-order valence-electron chi connectivity index (χ4n) is 3.90. The summed E-state index contributed by atoms with van der Waals surface area (Å²) in [5.41, 5.74) is 0. The van der Waals surface area contributed by atoms with Gasteiger partial charge in [-0.1, -0.05) is 13.3 Å². The lowest BCUT2D eigenvalue weighted by atomic mass is 9.92. The number of amides is 1. The quantitative estimate of drug-likeness (QED) is 0.732. The Labute approximate surface area is 150 Å². The van der Waals surface area contributed by atoms with Crippen molar-refractivity contribution in [3.8, 4) is 0 Å². The first-order chi connectivity index (χ1) is 11.8. The molecule has 2 aliphatic rings. The number of sulfonamides is 1. The predicted octanol–water partition coefficient (Wildman–Crippen LogP) is 1.68. The van der Waals surface area contributed by atoms with Crippen molar-refractivity contribution in [2.24, 2.45) is 5.92 Å². The van der Waals surface area contributed by atoms with Crippen LogP contribution in [0, 0.1) is 5.92 Å². The van der Waals surface area contributed by atoms with Gasteiger partial charge in [0, 0.05) is 26.1 Å². The lowest BCUT2D eigenvalue weighted by Crippen LogP contribution is -2.55. The van der Waals surface area contributed by atoms with Crippen molar-refractivity contribution in [3.63, 3.8) is 0 Å². The van der Waals surface area contributed by atoms with Crippen LogP contribution < -0.4 is 0 Å². The van der Waals surface area contributed by atoms with Gasteiger partial charge in [-0.15, -0.1) is 0 Å². The van der Waals surface area contributed by atoms with Crippen molar-refractivity contribution < 1.29 is 23.1 Å². The normalized spacial score (nSPS) is 25.7. The molecule has 0 saturated carbocycles. The molecule has 1 N–H and O–H groups in total. The summed E-state index contributed by atoms with van der Waals surface area (Å²) in [5.74, 6) is -0.636. The Morgan fingerprint density at radius 1 is 1.12 bits per heavy atom. The molecule has 1 amide bonds. The Bertz CT molecular complexity index is 578. The van der Waals surface area contributed by atoms with Crippen LogP contribution in [0.15, 0.2) is 0 Å². The maximum Gasteiger partial charge on any atom is 0.303 e. The van der Waals surface area contributed by atoms with E-state index in [2.05, 4.69) is 0 Å². The molecule has 0 radical (unpaired) electrons. The molecule has 0 aromatic heterocycles. The number of hydrogen-bond donors (Lipinski definition) is 1. The molecule has 0 spiro atoms. The van der Waals surface area contributed by atoms with Crippen molar-refractivity contribution in [1.82, 2.24) is 9.21 Å². The standard InChI is InChI=1S/C17H30N2O5S/c1-2-12-25(23,24)19-11-4-3-7-15(19)17(22)18-10-5-6-14(13-18)8-9-16(20)21/h14-15H,2-13H2,1H3,(H,20,21). The SMILES string of the molecule is CCCS(=O)(=O)N1CCCCC1C(=O)N1CCCC(CCC(=O)O)C1. The molecule has 0 aromatic rings. The molecule has 25 heavy (non-hydrogen) atoms. The highest BCUT2D eigenvalue weighted by Gasteiger charge is 2.39. The molecule has 0 bridgehead atoms. The first-order valence-corrected chi connectivity index (χ1v) is 11.0. The zero-order valence-corrected chi connectivity index (χ0v) is 15.8. The van der Waals surface area contributed by atoms with Gasteiger partial charge in [0.1, 0.15) is 6.04 Å². The van der Waals surface area contributed by atoms with Crippen LogP contribution in [-0.2, 0) is 19.6 Å². The summed E-state index contributed by atoms with van der Waals surface area (Å²) in [4.78, 5) is 25.5. The van der Waals surface area contributed by atoms with E-state index in [1.807, 2.05) is 6.92 Å². The number of aliphatic carboxylic acids is 1. The van der Waals surface area contributed by atoms with E-state index in [4.69, 9.17) is 5.11 Å². The second kappa shape index (κ2) is 8.98. The van der Waals surface area contributed by atoms with Crippen LogP contribution in [0.3, 0.4) is 0 Å². The Morgan fingerprint density at radius 2 is 1.88 bits per heavy atom. The zero-order chi connectivity index (χ0) is 18.4. The van der Waals surface area contributed by atoms with E-state index in [0.29, 0.717) is 38.9 Å². The average Bonchev–Trinajstić information content (AvgIpc) is 2.59. The number of likely N-dealkylation sites (tertiary alicyclic amines) is 1. The third kappa shape index (κ3) is 5.41. The molecule has 2 unspecified atom stereocenters.